The zero-order valence-electron chi connectivity index (χ0n) is 16.1. The lowest BCUT2D eigenvalue weighted by Crippen LogP contribution is -2.48. The molecule has 0 saturated carbocycles. The van der Waals surface area contributed by atoms with Gasteiger partial charge in [0.05, 0.1) is 10.7 Å². The fourth-order valence-electron chi connectivity index (χ4n) is 3.31. The molecule has 0 unspecified atom stereocenters. The minimum Gasteiger partial charge on any atom is -0.355 e. The highest BCUT2D eigenvalue weighted by Gasteiger charge is 2.25. The van der Waals surface area contributed by atoms with Crippen molar-refractivity contribution in [3.63, 3.8) is 0 Å². The number of nitro benzene ring substituents is 1. The average Bonchev–Trinajstić information content (AvgIpc) is 2.68. The highest BCUT2D eigenvalue weighted by atomic mass is 32.2. The predicted molar refractivity (Wildman–Crippen MR) is 111 cm³/mol. The minimum atomic E-state index is -3.28. The summed E-state index contributed by atoms with van der Waals surface area (Å²) in [5.74, 6) is 0.993. The van der Waals surface area contributed by atoms with Gasteiger partial charge in [0.1, 0.15) is 11.5 Å². The van der Waals surface area contributed by atoms with E-state index >= 15 is 0 Å². The molecule has 156 valence electrons. The third kappa shape index (κ3) is 5.61. The van der Waals surface area contributed by atoms with E-state index in [1.807, 2.05) is 11.8 Å². The number of rotatable bonds is 8. The van der Waals surface area contributed by atoms with Crippen LogP contribution in [0.25, 0.3) is 0 Å². The Hall–Kier alpha value is -2.79. The number of nitro groups is 1. The van der Waals surface area contributed by atoms with Crippen molar-refractivity contribution in [3.8, 4) is 0 Å². The molecule has 2 heterocycles. The Morgan fingerprint density at radius 3 is 2.86 bits per heavy atom. The lowest BCUT2D eigenvalue weighted by molar-refractivity contribution is -0.383. The molecule has 0 bridgehead atoms. The number of hydrogen-bond acceptors (Lipinski definition) is 8. The van der Waals surface area contributed by atoms with Crippen molar-refractivity contribution in [1.82, 2.24) is 14.7 Å². The summed E-state index contributed by atoms with van der Waals surface area (Å²) in [5, 5.41) is 14.1. The first-order valence-corrected chi connectivity index (χ1v) is 11.1. The van der Waals surface area contributed by atoms with Gasteiger partial charge in [-0.2, -0.15) is 4.98 Å². The number of anilines is 3. The fraction of sp³-hybridized carbons (Fsp3) is 0.444. The molecule has 1 fully saturated rings. The van der Waals surface area contributed by atoms with Crippen LogP contribution in [0.4, 0.5) is 23.1 Å². The van der Waals surface area contributed by atoms with Gasteiger partial charge >= 0.3 is 0 Å². The Kier molecular flexibility index (Phi) is 6.60. The second-order valence-corrected chi connectivity index (χ2v) is 8.73. The summed E-state index contributed by atoms with van der Waals surface area (Å²) in [4.78, 5) is 21.3. The van der Waals surface area contributed by atoms with E-state index in [4.69, 9.17) is 0 Å². The van der Waals surface area contributed by atoms with Crippen molar-refractivity contribution in [1.29, 1.82) is 0 Å². The molecular weight excluding hydrogens is 396 g/mol. The van der Waals surface area contributed by atoms with Crippen molar-refractivity contribution in [3.05, 3.63) is 46.6 Å². The van der Waals surface area contributed by atoms with E-state index in [0.717, 1.165) is 19.4 Å². The molecule has 1 atom stereocenters. The lowest BCUT2D eigenvalue weighted by atomic mass is 10.1. The maximum absolute atomic E-state index is 12.1. The van der Waals surface area contributed by atoms with Crippen LogP contribution in [0, 0.1) is 10.1 Å². The third-order valence-electron chi connectivity index (χ3n) is 4.55. The SMILES string of the molecule is CCCS(=O)(=O)N[C@H]1CCCN(c2ccnc(Nc3ccccc3[N+](=O)[O-])n2)C1. The largest absolute Gasteiger partial charge is 0.355 e. The van der Waals surface area contributed by atoms with E-state index in [0.29, 0.717) is 24.5 Å². The maximum atomic E-state index is 12.1. The first-order valence-electron chi connectivity index (χ1n) is 9.46. The molecule has 3 rings (SSSR count). The number of sulfonamides is 1. The number of nitrogens with zero attached hydrogens (tertiary/aromatic N) is 4. The predicted octanol–water partition coefficient (Wildman–Crippen LogP) is 2.43. The molecule has 1 saturated heterocycles. The van der Waals surface area contributed by atoms with Crippen molar-refractivity contribution in [2.45, 2.75) is 32.2 Å². The molecule has 0 aliphatic carbocycles. The van der Waals surface area contributed by atoms with Crippen LogP contribution in [-0.2, 0) is 10.0 Å². The smallest absolute Gasteiger partial charge is 0.292 e. The lowest BCUT2D eigenvalue weighted by Gasteiger charge is -2.33. The third-order valence-corrected chi connectivity index (χ3v) is 6.19. The molecular formula is C18H24N6O4S. The molecule has 10 nitrogen and oxygen atoms in total. The second kappa shape index (κ2) is 9.14. The summed E-state index contributed by atoms with van der Waals surface area (Å²) in [5.41, 5.74) is 0.239. The van der Waals surface area contributed by atoms with Gasteiger partial charge in [-0.1, -0.05) is 19.1 Å². The standard InChI is InChI=1S/C18H24N6O4S/c1-2-12-29(27,28)22-14-6-5-11-23(13-14)17-9-10-19-18(21-17)20-15-7-3-4-8-16(15)24(25)26/h3-4,7-10,14,22H,2,5-6,11-13H2,1H3,(H,19,20,21)/t14-/m0/s1. The van der Waals surface area contributed by atoms with Gasteiger partial charge in [0, 0.05) is 31.4 Å². The van der Waals surface area contributed by atoms with Crippen LogP contribution in [0.5, 0.6) is 0 Å². The molecule has 1 aromatic carbocycles. The number of benzene rings is 1. The van der Waals surface area contributed by atoms with Gasteiger partial charge in [0.15, 0.2) is 0 Å². The van der Waals surface area contributed by atoms with Gasteiger partial charge in [0.2, 0.25) is 16.0 Å². The molecule has 1 aliphatic heterocycles. The zero-order chi connectivity index (χ0) is 20.9. The van der Waals surface area contributed by atoms with Crippen LogP contribution in [0.2, 0.25) is 0 Å². The van der Waals surface area contributed by atoms with Crippen molar-refractivity contribution >= 4 is 33.2 Å². The van der Waals surface area contributed by atoms with Crippen molar-refractivity contribution in [2.24, 2.45) is 0 Å². The second-order valence-electron chi connectivity index (χ2n) is 6.86. The first kappa shape index (κ1) is 20.9. The molecule has 0 spiro atoms. The summed E-state index contributed by atoms with van der Waals surface area (Å²) in [6, 6.07) is 7.84. The Morgan fingerprint density at radius 2 is 2.10 bits per heavy atom. The van der Waals surface area contributed by atoms with Crippen LogP contribution in [0.1, 0.15) is 26.2 Å². The van der Waals surface area contributed by atoms with E-state index in [9.17, 15) is 18.5 Å². The van der Waals surface area contributed by atoms with Crippen molar-refractivity contribution in [2.75, 3.05) is 29.1 Å². The number of piperidine rings is 1. The number of hydrogen-bond donors (Lipinski definition) is 2. The van der Waals surface area contributed by atoms with Crippen LogP contribution in [0.15, 0.2) is 36.5 Å². The van der Waals surface area contributed by atoms with Gasteiger partial charge in [-0.15, -0.1) is 0 Å². The molecule has 11 heteroatoms. The molecule has 29 heavy (non-hydrogen) atoms. The summed E-state index contributed by atoms with van der Waals surface area (Å²) >= 11 is 0. The van der Waals surface area contributed by atoms with Gasteiger partial charge in [-0.3, -0.25) is 10.1 Å². The normalized spacial score (nSPS) is 17.1. The van der Waals surface area contributed by atoms with Crippen molar-refractivity contribution < 1.29 is 13.3 Å². The molecule has 2 aromatic rings. The van der Waals surface area contributed by atoms with E-state index < -0.39 is 14.9 Å². The fourth-order valence-corrected chi connectivity index (χ4v) is 4.66. The Labute approximate surface area is 169 Å². The summed E-state index contributed by atoms with van der Waals surface area (Å²) in [6.07, 6.45) is 3.74. The van der Waals surface area contributed by atoms with Crippen LogP contribution in [0.3, 0.4) is 0 Å². The monoisotopic (exact) mass is 420 g/mol. The number of nitrogens with one attached hydrogen (secondary N) is 2. The minimum absolute atomic E-state index is 0.0649. The van der Waals surface area contributed by atoms with Crippen LogP contribution in [-0.4, -0.2) is 48.2 Å². The highest BCUT2D eigenvalue weighted by molar-refractivity contribution is 7.89. The number of aromatic nitrogens is 2. The number of para-hydroxylation sites is 2. The molecule has 2 N–H and O–H groups in total. The Bertz CT molecular complexity index is 968. The van der Waals surface area contributed by atoms with E-state index in [2.05, 4.69) is 20.0 Å². The van der Waals surface area contributed by atoms with Gasteiger partial charge < -0.3 is 10.2 Å². The Balaban J connectivity index is 1.73. The highest BCUT2D eigenvalue weighted by Crippen LogP contribution is 2.26. The first-order chi connectivity index (χ1) is 13.9. The quantitative estimate of drug-likeness (QED) is 0.492. The zero-order valence-corrected chi connectivity index (χ0v) is 16.9. The summed E-state index contributed by atoms with van der Waals surface area (Å²) in [6.45, 7) is 3.08. The van der Waals surface area contributed by atoms with E-state index in [1.54, 1.807) is 30.5 Å². The topological polar surface area (TPSA) is 130 Å². The van der Waals surface area contributed by atoms with Gasteiger partial charge in [-0.25, -0.2) is 18.1 Å². The van der Waals surface area contributed by atoms with Crippen LogP contribution >= 0.6 is 0 Å². The summed E-state index contributed by atoms with van der Waals surface area (Å²) in [7, 11) is -3.28. The summed E-state index contributed by atoms with van der Waals surface area (Å²) < 4.78 is 26.9. The maximum Gasteiger partial charge on any atom is 0.292 e. The molecule has 0 amide bonds. The average molecular weight is 420 g/mol. The van der Waals surface area contributed by atoms with E-state index in [1.165, 1.54) is 6.07 Å². The van der Waals surface area contributed by atoms with Gasteiger partial charge in [0.25, 0.3) is 5.69 Å². The Morgan fingerprint density at radius 1 is 1.31 bits per heavy atom. The molecule has 0 radical (unpaired) electrons. The van der Waals surface area contributed by atoms with Gasteiger partial charge in [-0.05, 0) is 31.4 Å². The molecule has 1 aromatic heterocycles. The van der Waals surface area contributed by atoms with Crippen LogP contribution < -0.4 is 14.9 Å². The van der Waals surface area contributed by atoms with E-state index in [-0.39, 0.29) is 23.4 Å². The molecule has 1 aliphatic rings.